The number of hydrazine groups is 1. The van der Waals surface area contributed by atoms with Crippen LogP contribution in [0.15, 0.2) is 24.3 Å². The molecule has 4 amide bonds. The molecule has 0 spiro atoms. The zero-order valence-corrected chi connectivity index (χ0v) is 18.7. The standard InChI is InChI=1S/C20H18Cl3N3O6/c21-9-3-1-8(2-4-9)18(29)25-24-12(27)7-32-13(28)6-26-19(30)14-10-5-11(15(14)20(26)31)17(23)16(10)22/h1-4,10-11,14-17H,5-7H2,(H,24,27)(H,25,29)/t10-,11-,14-,15+,16+,17+/m1/s1. The number of esters is 1. The second-order valence-corrected chi connectivity index (χ2v) is 9.38. The van der Waals surface area contributed by atoms with Crippen molar-refractivity contribution in [1.29, 1.82) is 0 Å². The molecule has 2 N–H and O–H groups in total. The molecule has 0 unspecified atom stereocenters. The van der Waals surface area contributed by atoms with E-state index in [4.69, 9.17) is 39.5 Å². The third-order valence-corrected chi connectivity index (χ3v) is 7.72. The summed E-state index contributed by atoms with van der Waals surface area (Å²) in [5.41, 5.74) is 4.52. The molecular formula is C20H18Cl3N3O6. The lowest BCUT2D eigenvalue weighted by molar-refractivity contribution is -0.155. The zero-order valence-electron chi connectivity index (χ0n) is 16.4. The Morgan fingerprint density at radius 3 is 2.09 bits per heavy atom. The van der Waals surface area contributed by atoms with E-state index in [2.05, 4.69) is 10.9 Å². The van der Waals surface area contributed by atoms with Crippen LogP contribution in [-0.2, 0) is 23.9 Å². The van der Waals surface area contributed by atoms with Crippen molar-refractivity contribution in [3.8, 4) is 0 Å². The molecule has 3 fully saturated rings. The van der Waals surface area contributed by atoms with Gasteiger partial charge in [-0.05, 0) is 42.5 Å². The first-order chi connectivity index (χ1) is 15.2. The van der Waals surface area contributed by atoms with Gasteiger partial charge in [0, 0.05) is 10.6 Å². The van der Waals surface area contributed by atoms with Crippen LogP contribution >= 0.6 is 34.8 Å². The monoisotopic (exact) mass is 501 g/mol. The number of nitrogens with one attached hydrogen (secondary N) is 2. The molecule has 12 heteroatoms. The first-order valence-corrected chi connectivity index (χ1v) is 11.1. The first kappa shape index (κ1) is 22.8. The number of carbonyl (C=O) groups is 5. The molecule has 2 saturated carbocycles. The van der Waals surface area contributed by atoms with E-state index < -0.39 is 65.3 Å². The van der Waals surface area contributed by atoms with Crippen molar-refractivity contribution >= 4 is 64.4 Å². The number of halogens is 3. The van der Waals surface area contributed by atoms with Gasteiger partial charge >= 0.3 is 5.97 Å². The van der Waals surface area contributed by atoms with E-state index in [0.29, 0.717) is 11.4 Å². The molecule has 1 aliphatic heterocycles. The highest BCUT2D eigenvalue weighted by atomic mass is 35.5. The molecular weight excluding hydrogens is 485 g/mol. The number of rotatable bonds is 5. The summed E-state index contributed by atoms with van der Waals surface area (Å²) in [5.74, 6) is -4.76. The van der Waals surface area contributed by atoms with E-state index in [1.54, 1.807) is 0 Å². The predicted molar refractivity (Wildman–Crippen MR) is 113 cm³/mol. The van der Waals surface area contributed by atoms with Gasteiger partial charge in [-0.25, -0.2) is 0 Å². The molecule has 2 bridgehead atoms. The van der Waals surface area contributed by atoms with E-state index in [1.165, 1.54) is 24.3 Å². The van der Waals surface area contributed by atoms with Crippen LogP contribution in [0.25, 0.3) is 0 Å². The lowest BCUT2D eigenvalue weighted by Gasteiger charge is -2.28. The predicted octanol–water partition coefficient (Wildman–Crippen LogP) is 1.11. The summed E-state index contributed by atoms with van der Waals surface area (Å²) >= 11 is 18.3. The number of carbonyl (C=O) groups excluding carboxylic acids is 5. The minimum Gasteiger partial charge on any atom is -0.454 e. The molecule has 1 saturated heterocycles. The van der Waals surface area contributed by atoms with Crippen molar-refractivity contribution < 1.29 is 28.7 Å². The van der Waals surface area contributed by atoms with Crippen molar-refractivity contribution in [2.75, 3.05) is 13.2 Å². The molecule has 32 heavy (non-hydrogen) atoms. The van der Waals surface area contributed by atoms with Gasteiger partial charge in [0.05, 0.1) is 22.6 Å². The summed E-state index contributed by atoms with van der Waals surface area (Å²) in [7, 11) is 0. The third kappa shape index (κ3) is 4.04. The fourth-order valence-electron chi connectivity index (χ4n) is 4.72. The number of ether oxygens (including phenoxy) is 1. The summed E-state index contributed by atoms with van der Waals surface area (Å²) in [6.07, 6.45) is 0.620. The number of fused-ring (bicyclic) bond motifs is 5. The maximum atomic E-state index is 12.7. The van der Waals surface area contributed by atoms with Gasteiger partial charge in [-0.15, -0.1) is 23.2 Å². The SMILES string of the molecule is O=C(COC(=O)CN1C(=O)[C@@H]2[C@H]3C[C@@H]([C@H](Cl)[C@H]3Cl)[C@@H]2C1=O)NNC(=O)c1ccc(Cl)cc1. The summed E-state index contributed by atoms with van der Waals surface area (Å²) in [5, 5.41) is -0.328. The van der Waals surface area contributed by atoms with Crippen LogP contribution in [0.5, 0.6) is 0 Å². The van der Waals surface area contributed by atoms with Crippen LogP contribution in [0.3, 0.4) is 0 Å². The Hall–Kier alpha value is -2.36. The Morgan fingerprint density at radius 1 is 0.969 bits per heavy atom. The lowest BCUT2D eigenvalue weighted by atomic mass is 9.80. The van der Waals surface area contributed by atoms with Crippen LogP contribution in [0.4, 0.5) is 0 Å². The lowest BCUT2D eigenvalue weighted by Crippen LogP contribution is -2.44. The van der Waals surface area contributed by atoms with Crippen LogP contribution in [0.1, 0.15) is 16.8 Å². The Bertz CT molecular complexity index is 955. The molecule has 1 heterocycles. The molecule has 2 aliphatic carbocycles. The van der Waals surface area contributed by atoms with E-state index in [1.807, 2.05) is 0 Å². The number of hydrogen-bond donors (Lipinski definition) is 2. The summed E-state index contributed by atoms with van der Waals surface area (Å²) < 4.78 is 4.83. The highest BCUT2D eigenvalue weighted by Gasteiger charge is 2.66. The molecule has 6 atom stereocenters. The van der Waals surface area contributed by atoms with Gasteiger partial charge in [0.25, 0.3) is 11.8 Å². The Kier molecular flexibility index (Phi) is 6.33. The Labute approximate surface area is 197 Å². The molecule has 170 valence electrons. The van der Waals surface area contributed by atoms with Crippen LogP contribution in [0, 0.1) is 23.7 Å². The number of nitrogens with zero attached hydrogens (tertiary/aromatic N) is 1. The number of hydrogen-bond acceptors (Lipinski definition) is 6. The van der Waals surface area contributed by atoms with Crippen molar-refractivity contribution in [3.05, 3.63) is 34.9 Å². The van der Waals surface area contributed by atoms with Gasteiger partial charge in [0.15, 0.2) is 6.61 Å². The molecule has 3 aliphatic rings. The number of alkyl halides is 2. The third-order valence-electron chi connectivity index (χ3n) is 6.15. The minimum atomic E-state index is -0.928. The Morgan fingerprint density at radius 2 is 1.53 bits per heavy atom. The normalized spacial score (nSPS) is 30.3. The smallest absolute Gasteiger partial charge is 0.326 e. The van der Waals surface area contributed by atoms with Crippen molar-refractivity contribution in [2.45, 2.75) is 17.2 Å². The summed E-state index contributed by atoms with van der Waals surface area (Å²) in [6.45, 7) is -1.31. The van der Waals surface area contributed by atoms with Crippen LogP contribution < -0.4 is 10.9 Å². The first-order valence-electron chi connectivity index (χ1n) is 9.82. The van der Waals surface area contributed by atoms with Crippen LogP contribution in [-0.4, -0.2) is 58.4 Å². The van der Waals surface area contributed by atoms with Gasteiger partial charge in [-0.3, -0.25) is 39.7 Å². The summed E-state index contributed by atoms with van der Waals surface area (Å²) in [6, 6.07) is 5.96. The molecule has 1 aromatic rings. The van der Waals surface area contributed by atoms with Gasteiger partial charge in [0.1, 0.15) is 6.54 Å². The quantitative estimate of drug-likeness (QED) is 0.269. The van der Waals surface area contributed by atoms with E-state index in [0.717, 1.165) is 4.90 Å². The van der Waals surface area contributed by atoms with Crippen LogP contribution in [0.2, 0.25) is 5.02 Å². The van der Waals surface area contributed by atoms with Gasteiger partial charge in [0.2, 0.25) is 11.8 Å². The second kappa shape index (κ2) is 8.88. The minimum absolute atomic E-state index is 0.193. The van der Waals surface area contributed by atoms with E-state index in [-0.39, 0.29) is 17.4 Å². The molecule has 0 aromatic heterocycles. The van der Waals surface area contributed by atoms with Gasteiger partial charge in [-0.2, -0.15) is 0 Å². The second-order valence-electron chi connectivity index (χ2n) is 7.94. The number of benzene rings is 1. The van der Waals surface area contributed by atoms with Crippen molar-refractivity contribution in [1.82, 2.24) is 15.8 Å². The van der Waals surface area contributed by atoms with Gasteiger partial charge < -0.3 is 4.74 Å². The maximum absolute atomic E-state index is 12.7. The average Bonchev–Trinajstić information content (AvgIpc) is 3.37. The molecule has 4 rings (SSSR count). The van der Waals surface area contributed by atoms with Gasteiger partial charge in [-0.1, -0.05) is 11.6 Å². The van der Waals surface area contributed by atoms with E-state index >= 15 is 0 Å². The fourth-order valence-corrected chi connectivity index (χ4v) is 5.74. The molecule has 9 nitrogen and oxygen atoms in total. The van der Waals surface area contributed by atoms with E-state index in [9.17, 15) is 24.0 Å². The van der Waals surface area contributed by atoms with Crippen molar-refractivity contribution in [2.24, 2.45) is 23.7 Å². The largest absolute Gasteiger partial charge is 0.454 e. The molecule has 0 radical (unpaired) electrons. The topological polar surface area (TPSA) is 122 Å². The fraction of sp³-hybridized carbons (Fsp3) is 0.450. The maximum Gasteiger partial charge on any atom is 0.326 e. The highest BCUT2D eigenvalue weighted by molar-refractivity contribution is 6.31. The zero-order chi connectivity index (χ0) is 23.2. The number of likely N-dealkylation sites (tertiary alicyclic amines) is 1. The summed E-state index contributed by atoms with van der Waals surface area (Å²) in [4.78, 5) is 62.1. The molecule has 1 aromatic carbocycles. The number of amides is 4. The highest BCUT2D eigenvalue weighted by Crippen LogP contribution is 2.59. The van der Waals surface area contributed by atoms with Crippen molar-refractivity contribution in [3.63, 3.8) is 0 Å². The Balaban J connectivity index is 1.24. The average molecular weight is 503 g/mol. The number of imide groups is 1.